The second-order valence-electron chi connectivity index (χ2n) is 6.02. The number of hydrogen-bond donors (Lipinski definition) is 1. The highest BCUT2D eigenvalue weighted by Crippen LogP contribution is 2.32. The van der Waals surface area contributed by atoms with Crippen molar-refractivity contribution >= 4 is 11.9 Å². The molecule has 0 spiro atoms. The molecule has 1 aromatic heterocycles. The number of ether oxygens (including phenoxy) is 3. The van der Waals surface area contributed by atoms with Gasteiger partial charge in [-0.15, -0.1) is 0 Å². The number of aromatic nitrogens is 1. The molecule has 3 rings (SSSR count). The smallest absolute Gasteiger partial charge is 0.311 e. The van der Waals surface area contributed by atoms with Gasteiger partial charge in [0.15, 0.2) is 17.6 Å². The van der Waals surface area contributed by atoms with Crippen molar-refractivity contribution < 1.29 is 28.3 Å². The molecule has 1 aromatic carbocycles. The topological polar surface area (TPSA) is 99.9 Å². The lowest BCUT2D eigenvalue weighted by Gasteiger charge is -2.13. The summed E-state index contributed by atoms with van der Waals surface area (Å²) >= 11 is 0. The lowest BCUT2D eigenvalue weighted by molar-refractivity contribution is -0.154. The van der Waals surface area contributed by atoms with E-state index in [0.29, 0.717) is 35.1 Å². The quantitative estimate of drug-likeness (QED) is 0.784. The molecule has 138 valence electrons. The maximum absolute atomic E-state index is 12.1. The van der Waals surface area contributed by atoms with Gasteiger partial charge in [0.2, 0.25) is 6.79 Å². The second-order valence-corrected chi connectivity index (χ2v) is 6.02. The van der Waals surface area contributed by atoms with E-state index in [1.807, 2.05) is 6.07 Å². The summed E-state index contributed by atoms with van der Waals surface area (Å²) in [4.78, 5) is 24.2. The Kier molecular flexibility index (Phi) is 5.11. The molecule has 1 amide bonds. The number of benzene rings is 1. The van der Waals surface area contributed by atoms with Crippen LogP contribution in [0.5, 0.6) is 11.5 Å². The van der Waals surface area contributed by atoms with Gasteiger partial charge in [-0.1, -0.05) is 11.2 Å². The number of amides is 1. The fourth-order valence-corrected chi connectivity index (χ4v) is 2.57. The van der Waals surface area contributed by atoms with Crippen molar-refractivity contribution in [3.8, 4) is 11.5 Å². The highest BCUT2D eigenvalue weighted by molar-refractivity contribution is 5.84. The predicted molar refractivity (Wildman–Crippen MR) is 89.6 cm³/mol. The first-order valence-corrected chi connectivity index (χ1v) is 8.21. The summed E-state index contributed by atoms with van der Waals surface area (Å²) in [5.41, 5.74) is 2.18. The van der Waals surface area contributed by atoms with Crippen molar-refractivity contribution in [1.29, 1.82) is 0 Å². The normalized spacial score (nSPS) is 13.3. The molecule has 8 nitrogen and oxygen atoms in total. The number of hydrogen-bond acceptors (Lipinski definition) is 7. The number of carbonyl (C=O) groups excluding carboxylic acids is 2. The molecule has 0 fully saturated rings. The number of rotatable bonds is 6. The SMILES string of the molecule is Cc1noc(C)c1CC(=O)O[C@@H](C)C(=O)NCc1ccc2c(c1)OCO2. The summed E-state index contributed by atoms with van der Waals surface area (Å²) in [5.74, 6) is 1.01. The molecule has 1 aliphatic heterocycles. The van der Waals surface area contributed by atoms with Gasteiger partial charge in [0.1, 0.15) is 5.76 Å². The average Bonchev–Trinajstić information content (AvgIpc) is 3.20. The summed E-state index contributed by atoms with van der Waals surface area (Å²) < 4.78 is 20.7. The van der Waals surface area contributed by atoms with Crippen molar-refractivity contribution in [2.75, 3.05) is 6.79 Å². The number of aryl methyl sites for hydroxylation is 2. The Morgan fingerprint density at radius 2 is 2.04 bits per heavy atom. The van der Waals surface area contributed by atoms with E-state index in [4.69, 9.17) is 18.7 Å². The highest BCUT2D eigenvalue weighted by Gasteiger charge is 2.21. The predicted octanol–water partition coefficient (Wildman–Crippen LogP) is 1.81. The fraction of sp³-hybridized carbons (Fsp3) is 0.389. The number of carbonyl (C=O) groups is 2. The third-order valence-corrected chi connectivity index (χ3v) is 4.08. The van der Waals surface area contributed by atoms with Crippen LogP contribution < -0.4 is 14.8 Å². The van der Waals surface area contributed by atoms with Gasteiger partial charge in [0.25, 0.3) is 5.91 Å². The summed E-state index contributed by atoms with van der Waals surface area (Å²) in [6.45, 7) is 5.50. The van der Waals surface area contributed by atoms with Gasteiger partial charge >= 0.3 is 5.97 Å². The maximum atomic E-state index is 12.1. The largest absolute Gasteiger partial charge is 0.454 e. The second kappa shape index (κ2) is 7.47. The van der Waals surface area contributed by atoms with Crippen molar-refractivity contribution in [2.45, 2.75) is 39.8 Å². The number of nitrogens with zero attached hydrogens (tertiary/aromatic N) is 1. The van der Waals surface area contributed by atoms with Crippen molar-refractivity contribution in [1.82, 2.24) is 10.5 Å². The number of fused-ring (bicyclic) bond motifs is 1. The molecule has 0 unspecified atom stereocenters. The van der Waals surface area contributed by atoms with Crippen LogP contribution in [0.1, 0.15) is 29.5 Å². The third kappa shape index (κ3) is 3.96. The van der Waals surface area contributed by atoms with E-state index in [9.17, 15) is 9.59 Å². The molecule has 2 heterocycles. The molecule has 26 heavy (non-hydrogen) atoms. The fourth-order valence-electron chi connectivity index (χ4n) is 2.57. The third-order valence-electron chi connectivity index (χ3n) is 4.08. The van der Waals surface area contributed by atoms with Crippen LogP contribution in [0.2, 0.25) is 0 Å². The first-order valence-electron chi connectivity index (χ1n) is 8.21. The highest BCUT2D eigenvalue weighted by atomic mass is 16.7. The molecule has 0 radical (unpaired) electrons. The zero-order valence-corrected chi connectivity index (χ0v) is 14.8. The summed E-state index contributed by atoms with van der Waals surface area (Å²) in [6, 6.07) is 5.43. The Labute approximate surface area is 150 Å². The molecule has 1 aliphatic rings. The van der Waals surface area contributed by atoms with E-state index in [0.717, 1.165) is 5.56 Å². The van der Waals surface area contributed by atoms with Crippen LogP contribution in [0.15, 0.2) is 22.7 Å². The molecule has 0 saturated heterocycles. The average molecular weight is 360 g/mol. The van der Waals surface area contributed by atoms with Crippen LogP contribution in [0.4, 0.5) is 0 Å². The van der Waals surface area contributed by atoms with Crippen molar-refractivity contribution in [3.63, 3.8) is 0 Å². The Morgan fingerprint density at radius 3 is 2.77 bits per heavy atom. The van der Waals surface area contributed by atoms with E-state index < -0.39 is 12.1 Å². The van der Waals surface area contributed by atoms with Crippen LogP contribution >= 0.6 is 0 Å². The minimum atomic E-state index is -0.906. The Hall–Kier alpha value is -3.03. The minimum Gasteiger partial charge on any atom is -0.454 e. The van der Waals surface area contributed by atoms with Gasteiger partial charge in [0.05, 0.1) is 12.1 Å². The molecular formula is C18H20N2O6. The van der Waals surface area contributed by atoms with Crippen LogP contribution in [-0.2, 0) is 27.3 Å². The van der Waals surface area contributed by atoms with Gasteiger partial charge in [-0.05, 0) is 38.5 Å². The standard InChI is InChI=1S/C18H20N2O6/c1-10-14(11(2)26-20-10)7-17(21)25-12(3)18(22)19-8-13-4-5-15-16(6-13)24-9-23-15/h4-6,12H,7-9H2,1-3H3,(H,19,22)/t12-/m0/s1. The molecule has 2 aromatic rings. The maximum Gasteiger partial charge on any atom is 0.311 e. The summed E-state index contributed by atoms with van der Waals surface area (Å²) in [7, 11) is 0. The van der Waals surface area contributed by atoms with Crippen molar-refractivity contribution in [3.05, 3.63) is 40.8 Å². The van der Waals surface area contributed by atoms with E-state index in [2.05, 4.69) is 10.5 Å². The van der Waals surface area contributed by atoms with Crippen molar-refractivity contribution in [2.24, 2.45) is 0 Å². The van der Waals surface area contributed by atoms with Gasteiger partial charge < -0.3 is 24.1 Å². The Bertz CT molecular complexity index is 810. The van der Waals surface area contributed by atoms with Gasteiger partial charge in [0, 0.05) is 12.1 Å². The summed E-state index contributed by atoms with van der Waals surface area (Å²) in [5, 5.41) is 6.52. The zero-order valence-electron chi connectivity index (χ0n) is 14.8. The molecule has 0 bridgehead atoms. The van der Waals surface area contributed by atoms with E-state index in [-0.39, 0.29) is 19.1 Å². The molecule has 1 N–H and O–H groups in total. The van der Waals surface area contributed by atoms with E-state index in [1.54, 1.807) is 26.0 Å². The molecular weight excluding hydrogens is 340 g/mol. The van der Waals surface area contributed by atoms with E-state index >= 15 is 0 Å². The first-order chi connectivity index (χ1) is 12.4. The monoisotopic (exact) mass is 360 g/mol. The zero-order chi connectivity index (χ0) is 18.7. The van der Waals surface area contributed by atoms with Crippen LogP contribution in [0, 0.1) is 13.8 Å². The van der Waals surface area contributed by atoms with Gasteiger partial charge in [-0.2, -0.15) is 0 Å². The first kappa shape index (κ1) is 17.8. The number of esters is 1. The summed E-state index contributed by atoms with van der Waals surface area (Å²) in [6.07, 6.45) is -0.891. The Morgan fingerprint density at radius 1 is 1.27 bits per heavy atom. The molecule has 8 heteroatoms. The number of nitrogens with one attached hydrogen (secondary N) is 1. The van der Waals surface area contributed by atoms with E-state index in [1.165, 1.54) is 6.92 Å². The van der Waals surface area contributed by atoms with Crippen LogP contribution in [0.25, 0.3) is 0 Å². The van der Waals surface area contributed by atoms with Crippen LogP contribution in [0.3, 0.4) is 0 Å². The van der Waals surface area contributed by atoms with Gasteiger partial charge in [-0.25, -0.2) is 0 Å². The molecule has 0 saturated carbocycles. The lowest BCUT2D eigenvalue weighted by atomic mass is 10.1. The molecule has 1 atom stereocenters. The lowest BCUT2D eigenvalue weighted by Crippen LogP contribution is -2.35. The van der Waals surface area contributed by atoms with Crippen LogP contribution in [-0.4, -0.2) is 29.9 Å². The minimum absolute atomic E-state index is 0.0148. The van der Waals surface area contributed by atoms with Gasteiger partial charge in [-0.3, -0.25) is 9.59 Å². The molecule has 0 aliphatic carbocycles. The Balaban J connectivity index is 1.49.